The van der Waals surface area contributed by atoms with Gasteiger partial charge in [-0.05, 0) is 19.1 Å². The van der Waals surface area contributed by atoms with Gasteiger partial charge in [0.15, 0.2) is 0 Å². The summed E-state index contributed by atoms with van der Waals surface area (Å²) in [4.78, 5) is 22.6. The number of hydrogen-bond donors (Lipinski definition) is 0. The van der Waals surface area contributed by atoms with Gasteiger partial charge >= 0.3 is 6.01 Å². The van der Waals surface area contributed by atoms with Crippen LogP contribution in [0.25, 0.3) is 0 Å². The van der Waals surface area contributed by atoms with Gasteiger partial charge in [0.25, 0.3) is 5.91 Å². The predicted molar refractivity (Wildman–Crippen MR) is 88.2 cm³/mol. The number of amides is 1. The zero-order valence-corrected chi connectivity index (χ0v) is 14.4. The lowest BCUT2D eigenvalue weighted by molar-refractivity contribution is -0.174. The summed E-state index contributed by atoms with van der Waals surface area (Å²) < 4.78 is 13.5. The summed E-state index contributed by atoms with van der Waals surface area (Å²) in [5, 5.41) is 4.17. The molecule has 132 valence electrons. The zero-order valence-electron chi connectivity index (χ0n) is 14.4. The number of nitrogens with zero attached hydrogens (tertiary/aromatic N) is 5. The van der Waals surface area contributed by atoms with Gasteiger partial charge in [-0.15, -0.1) is 0 Å². The summed E-state index contributed by atoms with van der Waals surface area (Å²) in [5.74, 6) is -0.0557. The van der Waals surface area contributed by atoms with E-state index in [1.807, 2.05) is 13.0 Å². The Balaban J connectivity index is 1.37. The van der Waals surface area contributed by atoms with E-state index in [2.05, 4.69) is 15.1 Å². The lowest BCUT2D eigenvalue weighted by Crippen LogP contribution is -2.67. The van der Waals surface area contributed by atoms with Crippen LogP contribution in [0.4, 0.5) is 0 Å². The van der Waals surface area contributed by atoms with Crippen LogP contribution >= 0.6 is 0 Å². The maximum absolute atomic E-state index is 12.4. The lowest BCUT2D eigenvalue weighted by Gasteiger charge is -2.52. The number of carbonyl (C=O) groups excluding carboxylic acids is 1. The molecule has 2 aromatic heterocycles. The number of hydrogen-bond acceptors (Lipinski definition) is 6. The number of rotatable bonds is 3. The maximum Gasteiger partial charge on any atom is 0.316 e. The molecule has 0 saturated carbocycles. The Hall–Kier alpha value is -2.48. The molecule has 4 rings (SSSR count). The Kier molecular flexibility index (Phi) is 3.91. The molecule has 0 unspecified atom stereocenters. The van der Waals surface area contributed by atoms with Crippen LogP contribution in [0.3, 0.4) is 0 Å². The molecule has 0 N–H and O–H groups in total. The first-order chi connectivity index (χ1) is 12.0. The minimum absolute atomic E-state index is 0.00246. The Morgan fingerprint density at radius 1 is 1.40 bits per heavy atom. The van der Waals surface area contributed by atoms with Gasteiger partial charge in [0.05, 0.1) is 19.7 Å². The molecular weight excluding hydrogens is 322 g/mol. The summed E-state index contributed by atoms with van der Waals surface area (Å²) in [6.07, 6.45) is 5.00. The van der Waals surface area contributed by atoms with Crippen molar-refractivity contribution in [1.82, 2.24) is 24.6 Å². The van der Waals surface area contributed by atoms with E-state index in [-0.39, 0.29) is 17.6 Å². The van der Waals surface area contributed by atoms with E-state index in [1.165, 1.54) is 0 Å². The highest BCUT2D eigenvalue weighted by Crippen LogP contribution is 2.36. The van der Waals surface area contributed by atoms with Gasteiger partial charge in [0.2, 0.25) is 0 Å². The Morgan fingerprint density at radius 3 is 2.96 bits per heavy atom. The van der Waals surface area contributed by atoms with Gasteiger partial charge in [-0.2, -0.15) is 5.10 Å². The smallest absolute Gasteiger partial charge is 0.316 e. The zero-order chi connectivity index (χ0) is 17.4. The molecule has 2 fully saturated rings. The van der Waals surface area contributed by atoms with Crippen molar-refractivity contribution in [3.05, 3.63) is 35.9 Å². The van der Waals surface area contributed by atoms with Crippen LogP contribution < -0.4 is 4.74 Å². The molecule has 1 spiro atoms. The second-order valence-electron chi connectivity index (χ2n) is 6.78. The van der Waals surface area contributed by atoms with E-state index < -0.39 is 0 Å². The van der Waals surface area contributed by atoms with Crippen LogP contribution in [0.2, 0.25) is 0 Å². The number of carbonyl (C=O) groups is 1. The fourth-order valence-electron chi connectivity index (χ4n) is 3.42. The van der Waals surface area contributed by atoms with Crippen molar-refractivity contribution in [2.24, 2.45) is 7.05 Å². The predicted octanol–water partition coefficient (Wildman–Crippen LogP) is 0.971. The molecule has 1 amide bonds. The Bertz CT molecular complexity index is 784. The molecule has 0 radical (unpaired) electrons. The van der Waals surface area contributed by atoms with Crippen LogP contribution in [0.1, 0.15) is 29.0 Å². The second-order valence-corrected chi connectivity index (χ2v) is 6.78. The largest absolute Gasteiger partial charge is 0.460 e. The van der Waals surface area contributed by atoms with Gasteiger partial charge in [-0.25, -0.2) is 9.97 Å². The van der Waals surface area contributed by atoms with E-state index in [1.54, 1.807) is 35.1 Å². The van der Waals surface area contributed by atoms with Crippen LogP contribution in [-0.2, 0) is 11.8 Å². The van der Waals surface area contributed by atoms with Crippen molar-refractivity contribution >= 4 is 5.91 Å². The standard InChI is InChI=1S/C17H21N5O3/c1-12-3-6-18-16(19-12)25-13-5-8-24-17(9-13)10-22(11-17)15(23)14-4-7-21(2)20-14/h3-4,6-7,13H,5,8-11H2,1-2H3/t13-/m1/s1. The van der Waals surface area contributed by atoms with Gasteiger partial charge in [0.1, 0.15) is 17.4 Å². The van der Waals surface area contributed by atoms with Gasteiger partial charge in [-0.1, -0.05) is 0 Å². The Labute approximate surface area is 145 Å². The molecule has 8 nitrogen and oxygen atoms in total. The molecule has 2 aliphatic rings. The Morgan fingerprint density at radius 2 is 2.24 bits per heavy atom. The van der Waals surface area contributed by atoms with Crippen LogP contribution in [0.15, 0.2) is 24.5 Å². The molecular formula is C17H21N5O3. The van der Waals surface area contributed by atoms with Crippen LogP contribution in [0.5, 0.6) is 6.01 Å². The topological polar surface area (TPSA) is 82.4 Å². The van der Waals surface area contributed by atoms with Crippen molar-refractivity contribution in [3.63, 3.8) is 0 Å². The monoisotopic (exact) mass is 343 g/mol. The van der Waals surface area contributed by atoms with Crippen molar-refractivity contribution in [3.8, 4) is 6.01 Å². The summed E-state index contributed by atoms with van der Waals surface area (Å²) >= 11 is 0. The first-order valence-electron chi connectivity index (χ1n) is 8.42. The van der Waals surface area contributed by atoms with Crippen molar-refractivity contribution in [2.45, 2.75) is 31.5 Å². The third-order valence-corrected chi connectivity index (χ3v) is 4.67. The highest BCUT2D eigenvalue weighted by atomic mass is 16.5. The van der Waals surface area contributed by atoms with Crippen molar-refractivity contribution < 1.29 is 14.3 Å². The van der Waals surface area contributed by atoms with E-state index in [9.17, 15) is 4.79 Å². The fraction of sp³-hybridized carbons (Fsp3) is 0.529. The van der Waals surface area contributed by atoms with E-state index >= 15 is 0 Å². The first kappa shape index (κ1) is 16.0. The molecule has 0 aliphatic carbocycles. The molecule has 25 heavy (non-hydrogen) atoms. The number of likely N-dealkylation sites (tertiary alicyclic amines) is 1. The summed E-state index contributed by atoms with van der Waals surface area (Å²) in [6.45, 7) is 3.66. The summed E-state index contributed by atoms with van der Waals surface area (Å²) in [5.41, 5.74) is 1.02. The third kappa shape index (κ3) is 3.21. The average molecular weight is 343 g/mol. The fourth-order valence-corrected chi connectivity index (χ4v) is 3.42. The van der Waals surface area contributed by atoms with Crippen molar-refractivity contribution in [1.29, 1.82) is 0 Å². The molecule has 8 heteroatoms. The molecule has 2 aliphatic heterocycles. The molecule has 0 bridgehead atoms. The highest BCUT2D eigenvalue weighted by Gasteiger charge is 2.50. The van der Waals surface area contributed by atoms with Gasteiger partial charge < -0.3 is 14.4 Å². The molecule has 2 saturated heterocycles. The van der Waals surface area contributed by atoms with Crippen LogP contribution in [0, 0.1) is 6.92 Å². The highest BCUT2D eigenvalue weighted by molar-refractivity contribution is 5.93. The van der Waals surface area contributed by atoms with Crippen molar-refractivity contribution in [2.75, 3.05) is 19.7 Å². The third-order valence-electron chi connectivity index (χ3n) is 4.67. The van der Waals surface area contributed by atoms with E-state index in [4.69, 9.17) is 9.47 Å². The maximum atomic E-state index is 12.4. The van der Waals surface area contributed by atoms with Gasteiger partial charge in [-0.3, -0.25) is 9.48 Å². The average Bonchev–Trinajstić information content (AvgIpc) is 2.99. The van der Waals surface area contributed by atoms with Gasteiger partial charge in [0, 0.05) is 38.0 Å². The molecule has 4 heterocycles. The number of aryl methyl sites for hydroxylation is 2. The minimum Gasteiger partial charge on any atom is -0.460 e. The van der Waals surface area contributed by atoms with E-state index in [0.29, 0.717) is 31.4 Å². The first-order valence-corrected chi connectivity index (χ1v) is 8.42. The lowest BCUT2D eigenvalue weighted by atomic mass is 9.84. The summed E-state index contributed by atoms with van der Waals surface area (Å²) in [6, 6.07) is 3.98. The van der Waals surface area contributed by atoms with Crippen LogP contribution in [-0.4, -0.2) is 62.0 Å². The molecule has 2 aromatic rings. The molecule has 1 atom stereocenters. The second kappa shape index (κ2) is 6.11. The van der Waals surface area contributed by atoms with E-state index in [0.717, 1.165) is 18.5 Å². The minimum atomic E-state index is -0.322. The number of ether oxygens (including phenoxy) is 2. The normalized spacial score (nSPS) is 21.8. The SMILES string of the molecule is Cc1ccnc(O[C@@H]2CCOC3(C2)CN(C(=O)c2ccn(C)n2)C3)n1. The number of aromatic nitrogens is 4. The summed E-state index contributed by atoms with van der Waals surface area (Å²) in [7, 11) is 1.80. The quantitative estimate of drug-likeness (QED) is 0.826. The molecule has 0 aromatic carbocycles.